The van der Waals surface area contributed by atoms with Crippen LogP contribution in [0.3, 0.4) is 0 Å². The lowest BCUT2D eigenvalue weighted by Gasteiger charge is -2.29. The monoisotopic (exact) mass is 285 g/mol. The van der Waals surface area contributed by atoms with E-state index >= 15 is 0 Å². The third-order valence-corrected chi connectivity index (χ3v) is 5.01. The zero-order chi connectivity index (χ0) is 13.0. The molecule has 1 N–H and O–H groups in total. The Kier molecular flexibility index (Phi) is 5.48. The average molecular weight is 285 g/mol. The minimum Gasteiger partial charge on any atom is -0.308 e. The Morgan fingerprint density at radius 1 is 1.56 bits per heavy atom. The topological polar surface area (TPSA) is 28.2 Å². The van der Waals surface area contributed by atoms with Gasteiger partial charge < -0.3 is 5.32 Å². The molecule has 1 aromatic rings. The SMILES string of the molecule is CC(C)NCc1nc(CN2CCSC(C)C2)cs1. The van der Waals surface area contributed by atoms with Gasteiger partial charge in [0.15, 0.2) is 0 Å². The van der Waals surface area contributed by atoms with Gasteiger partial charge in [-0.15, -0.1) is 11.3 Å². The molecule has 1 saturated heterocycles. The van der Waals surface area contributed by atoms with Crippen molar-refractivity contribution in [2.24, 2.45) is 0 Å². The van der Waals surface area contributed by atoms with Gasteiger partial charge in [-0.25, -0.2) is 4.98 Å². The van der Waals surface area contributed by atoms with Gasteiger partial charge in [-0.3, -0.25) is 4.90 Å². The lowest BCUT2D eigenvalue weighted by molar-refractivity contribution is 0.275. The van der Waals surface area contributed by atoms with E-state index in [2.05, 4.69) is 48.1 Å². The summed E-state index contributed by atoms with van der Waals surface area (Å²) in [4.78, 5) is 7.23. The van der Waals surface area contributed by atoms with Crippen molar-refractivity contribution in [3.05, 3.63) is 16.1 Å². The predicted octanol–water partition coefficient (Wildman–Crippen LogP) is 2.58. The summed E-state index contributed by atoms with van der Waals surface area (Å²) in [6.07, 6.45) is 0. The van der Waals surface area contributed by atoms with Crippen LogP contribution in [0.5, 0.6) is 0 Å². The normalized spacial score (nSPS) is 21.7. The molecule has 1 atom stereocenters. The molecule has 0 aliphatic carbocycles. The van der Waals surface area contributed by atoms with Gasteiger partial charge in [0.25, 0.3) is 0 Å². The van der Waals surface area contributed by atoms with Gasteiger partial charge in [0, 0.05) is 48.6 Å². The van der Waals surface area contributed by atoms with E-state index in [9.17, 15) is 0 Å². The zero-order valence-electron chi connectivity index (χ0n) is 11.5. The van der Waals surface area contributed by atoms with Crippen LogP contribution in [0.2, 0.25) is 0 Å². The molecule has 1 aliphatic rings. The highest BCUT2D eigenvalue weighted by atomic mass is 32.2. The fourth-order valence-corrected chi connectivity index (χ4v) is 3.88. The molecule has 5 heteroatoms. The minimum atomic E-state index is 0.525. The molecule has 1 aromatic heterocycles. The van der Waals surface area contributed by atoms with Crippen molar-refractivity contribution >= 4 is 23.1 Å². The van der Waals surface area contributed by atoms with Gasteiger partial charge in [-0.05, 0) is 0 Å². The summed E-state index contributed by atoms with van der Waals surface area (Å²) in [5, 5.41) is 7.60. The number of aromatic nitrogens is 1. The van der Waals surface area contributed by atoms with E-state index in [0.717, 1.165) is 18.3 Å². The first-order valence-electron chi connectivity index (χ1n) is 6.64. The van der Waals surface area contributed by atoms with Crippen LogP contribution in [0.4, 0.5) is 0 Å². The maximum absolute atomic E-state index is 4.71. The summed E-state index contributed by atoms with van der Waals surface area (Å²) >= 11 is 3.85. The van der Waals surface area contributed by atoms with Crippen molar-refractivity contribution in [1.82, 2.24) is 15.2 Å². The summed E-state index contributed by atoms with van der Waals surface area (Å²) in [5.74, 6) is 1.26. The van der Waals surface area contributed by atoms with Crippen molar-refractivity contribution in [2.45, 2.75) is 45.2 Å². The van der Waals surface area contributed by atoms with Gasteiger partial charge >= 0.3 is 0 Å². The first-order valence-corrected chi connectivity index (χ1v) is 8.57. The smallest absolute Gasteiger partial charge is 0.107 e. The number of thiazole rings is 1. The van der Waals surface area contributed by atoms with E-state index < -0.39 is 0 Å². The highest BCUT2D eigenvalue weighted by Gasteiger charge is 2.17. The number of hydrogen-bond acceptors (Lipinski definition) is 5. The third-order valence-electron chi connectivity index (χ3n) is 2.97. The molecule has 0 aromatic carbocycles. The number of thioether (sulfide) groups is 1. The van der Waals surface area contributed by atoms with Crippen molar-refractivity contribution in [1.29, 1.82) is 0 Å². The van der Waals surface area contributed by atoms with Crippen LogP contribution in [-0.2, 0) is 13.1 Å². The standard InChI is InChI=1S/C13H23N3S2/c1-10(2)14-6-13-15-12(9-18-13)8-16-4-5-17-11(3)7-16/h9-11,14H,4-8H2,1-3H3. The molecule has 2 heterocycles. The van der Waals surface area contributed by atoms with Crippen LogP contribution in [0.1, 0.15) is 31.5 Å². The molecule has 0 amide bonds. The van der Waals surface area contributed by atoms with Crippen LogP contribution in [0.25, 0.3) is 0 Å². The first kappa shape index (κ1) is 14.3. The quantitative estimate of drug-likeness (QED) is 0.900. The molecule has 1 aliphatic heterocycles. The van der Waals surface area contributed by atoms with E-state index in [0.29, 0.717) is 6.04 Å². The molecular weight excluding hydrogens is 262 g/mol. The molecule has 18 heavy (non-hydrogen) atoms. The minimum absolute atomic E-state index is 0.525. The molecule has 0 radical (unpaired) electrons. The van der Waals surface area contributed by atoms with Crippen LogP contribution in [0, 0.1) is 0 Å². The van der Waals surface area contributed by atoms with Crippen LogP contribution in [0.15, 0.2) is 5.38 Å². The van der Waals surface area contributed by atoms with Crippen LogP contribution in [-0.4, -0.2) is 40.0 Å². The molecular formula is C13H23N3S2. The molecule has 0 spiro atoms. The Labute approximate surface area is 118 Å². The lowest BCUT2D eigenvalue weighted by atomic mass is 10.3. The first-order chi connectivity index (χ1) is 8.63. The number of rotatable bonds is 5. The summed E-state index contributed by atoms with van der Waals surface area (Å²) < 4.78 is 0. The second-order valence-corrected chi connectivity index (χ2v) is 7.67. The Morgan fingerprint density at radius 3 is 3.11 bits per heavy atom. The van der Waals surface area contributed by atoms with Gasteiger partial charge in [0.2, 0.25) is 0 Å². The Balaban J connectivity index is 1.82. The number of nitrogens with zero attached hydrogens (tertiary/aromatic N) is 2. The molecule has 0 bridgehead atoms. The third kappa shape index (κ3) is 4.53. The molecule has 0 saturated carbocycles. The highest BCUT2D eigenvalue weighted by molar-refractivity contribution is 7.99. The summed E-state index contributed by atoms with van der Waals surface area (Å²) in [6.45, 7) is 11.0. The largest absolute Gasteiger partial charge is 0.308 e. The Morgan fingerprint density at radius 2 is 2.39 bits per heavy atom. The summed E-state index contributed by atoms with van der Waals surface area (Å²) in [6, 6.07) is 0.525. The van der Waals surface area contributed by atoms with Crippen molar-refractivity contribution in [2.75, 3.05) is 18.8 Å². The van der Waals surface area contributed by atoms with Crippen LogP contribution < -0.4 is 5.32 Å². The van der Waals surface area contributed by atoms with Crippen molar-refractivity contribution in [3.8, 4) is 0 Å². The fraction of sp³-hybridized carbons (Fsp3) is 0.769. The zero-order valence-corrected chi connectivity index (χ0v) is 13.1. The van der Waals surface area contributed by atoms with E-state index in [-0.39, 0.29) is 0 Å². The fourth-order valence-electron chi connectivity index (χ4n) is 2.06. The van der Waals surface area contributed by atoms with Crippen molar-refractivity contribution < 1.29 is 0 Å². The van der Waals surface area contributed by atoms with E-state index in [4.69, 9.17) is 4.98 Å². The Bertz CT molecular complexity index is 365. The average Bonchev–Trinajstić information content (AvgIpc) is 2.74. The number of nitrogens with one attached hydrogen (secondary N) is 1. The maximum atomic E-state index is 4.71. The predicted molar refractivity (Wildman–Crippen MR) is 81.3 cm³/mol. The molecule has 102 valence electrons. The molecule has 3 nitrogen and oxygen atoms in total. The molecule has 2 rings (SSSR count). The van der Waals surface area contributed by atoms with Crippen LogP contribution >= 0.6 is 23.1 Å². The van der Waals surface area contributed by atoms with Gasteiger partial charge in [-0.2, -0.15) is 11.8 Å². The Hall–Kier alpha value is -0.100. The highest BCUT2D eigenvalue weighted by Crippen LogP contribution is 2.20. The second kappa shape index (κ2) is 6.89. The molecule has 1 unspecified atom stereocenters. The van der Waals surface area contributed by atoms with Gasteiger partial charge in [0.05, 0.1) is 5.69 Å². The summed E-state index contributed by atoms with van der Waals surface area (Å²) in [5.41, 5.74) is 1.24. The molecule has 1 fully saturated rings. The van der Waals surface area contributed by atoms with E-state index in [1.165, 1.54) is 29.5 Å². The maximum Gasteiger partial charge on any atom is 0.107 e. The lowest BCUT2D eigenvalue weighted by Crippen LogP contribution is -2.36. The van der Waals surface area contributed by atoms with E-state index in [1.807, 2.05) is 0 Å². The summed E-state index contributed by atoms with van der Waals surface area (Å²) in [7, 11) is 0. The number of hydrogen-bond donors (Lipinski definition) is 1. The van der Waals surface area contributed by atoms with E-state index in [1.54, 1.807) is 11.3 Å². The van der Waals surface area contributed by atoms with Crippen molar-refractivity contribution in [3.63, 3.8) is 0 Å². The second-order valence-electron chi connectivity index (χ2n) is 5.18. The van der Waals surface area contributed by atoms with Gasteiger partial charge in [0.1, 0.15) is 5.01 Å². The van der Waals surface area contributed by atoms with Gasteiger partial charge in [-0.1, -0.05) is 20.8 Å².